The third kappa shape index (κ3) is 1.29. The molecule has 0 aromatic heterocycles. The fourth-order valence-electron chi connectivity index (χ4n) is 1.15. The van der Waals surface area contributed by atoms with Gasteiger partial charge in [-0.25, -0.2) is 0 Å². The van der Waals surface area contributed by atoms with Gasteiger partial charge in [-0.05, 0) is 19.1 Å². The van der Waals surface area contributed by atoms with Crippen molar-refractivity contribution in [3.63, 3.8) is 0 Å². The third-order valence-electron chi connectivity index (χ3n) is 1.80. The van der Waals surface area contributed by atoms with Crippen molar-refractivity contribution in [3.8, 4) is 5.75 Å². The Kier molecular flexibility index (Phi) is 1.75. The summed E-state index contributed by atoms with van der Waals surface area (Å²) in [7, 11) is 0. The first-order valence-corrected chi connectivity index (χ1v) is 3.85. The summed E-state index contributed by atoms with van der Waals surface area (Å²) in [6.07, 6.45) is -0.357. The van der Waals surface area contributed by atoms with Crippen molar-refractivity contribution in [1.29, 1.82) is 0 Å². The van der Waals surface area contributed by atoms with Gasteiger partial charge < -0.3 is 14.6 Å². The number of ether oxygens (including phenoxy) is 2. The molecule has 0 spiro atoms. The Hall–Kier alpha value is -1.06. The molecule has 0 saturated carbocycles. The van der Waals surface area contributed by atoms with Crippen molar-refractivity contribution in [2.75, 3.05) is 0 Å². The summed E-state index contributed by atoms with van der Waals surface area (Å²) in [5.41, 5.74) is 0.936. The van der Waals surface area contributed by atoms with Gasteiger partial charge in [-0.2, -0.15) is 0 Å². The van der Waals surface area contributed by atoms with E-state index in [0.29, 0.717) is 0 Å². The maximum Gasteiger partial charge on any atom is 0.189 e. The molecule has 3 heteroatoms. The van der Waals surface area contributed by atoms with Gasteiger partial charge in [0.1, 0.15) is 5.75 Å². The van der Waals surface area contributed by atoms with E-state index < -0.39 is 0 Å². The molecule has 1 aliphatic heterocycles. The fourth-order valence-corrected chi connectivity index (χ4v) is 1.15. The molecule has 3 nitrogen and oxygen atoms in total. The maximum atomic E-state index is 9.00. The van der Waals surface area contributed by atoms with Gasteiger partial charge in [0.25, 0.3) is 0 Å². The van der Waals surface area contributed by atoms with Crippen molar-refractivity contribution in [1.82, 2.24) is 0 Å². The summed E-state index contributed by atoms with van der Waals surface area (Å²) < 4.78 is 10.5. The van der Waals surface area contributed by atoms with E-state index in [2.05, 4.69) is 0 Å². The number of hydrogen-bond acceptors (Lipinski definition) is 3. The molecule has 0 bridgehead atoms. The Balaban J connectivity index is 2.09. The molecular formula is C9H10O3. The maximum absolute atomic E-state index is 9.00. The molecule has 1 saturated heterocycles. The monoisotopic (exact) mass is 166 g/mol. The van der Waals surface area contributed by atoms with Crippen LogP contribution in [0.25, 0.3) is 0 Å². The molecule has 1 heterocycles. The Morgan fingerprint density at radius 1 is 1.17 bits per heavy atom. The van der Waals surface area contributed by atoms with Gasteiger partial charge in [-0.15, -0.1) is 0 Å². The minimum Gasteiger partial charge on any atom is -0.508 e. The molecule has 64 valence electrons. The quantitative estimate of drug-likeness (QED) is 0.691. The van der Waals surface area contributed by atoms with Crippen LogP contribution in [0.2, 0.25) is 0 Å². The average Bonchev–Trinajstić information content (AvgIpc) is 2.01. The molecule has 1 aromatic rings. The topological polar surface area (TPSA) is 38.7 Å². The van der Waals surface area contributed by atoms with E-state index in [0.717, 1.165) is 5.56 Å². The van der Waals surface area contributed by atoms with Crippen LogP contribution >= 0.6 is 0 Å². The number of aromatic hydroxyl groups is 1. The lowest BCUT2D eigenvalue weighted by Crippen LogP contribution is -2.31. The second-order valence-electron chi connectivity index (χ2n) is 2.76. The largest absolute Gasteiger partial charge is 0.508 e. The van der Waals surface area contributed by atoms with Gasteiger partial charge in [0.05, 0.1) is 0 Å². The van der Waals surface area contributed by atoms with Gasteiger partial charge in [0.15, 0.2) is 12.6 Å². The molecule has 1 fully saturated rings. The van der Waals surface area contributed by atoms with E-state index in [4.69, 9.17) is 14.6 Å². The predicted molar refractivity (Wildman–Crippen MR) is 42.5 cm³/mol. The van der Waals surface area contributed by atoms with Crippen LogP contribution in [0.1, 0.15) is 18.8 Å². The number of phenolic OH excluding ortho intramolecular Hbond substituents is 1. The minimum atomic E-state index is -0.249. The molecular weight excluding hydrogens is 156 g/mol. The first kappa shape index (κ1) is 7.58. The Labute approximate surface area is 70.5 Å². The molecule has 0 amide bonds. The van der Waals surface area contributed by atoms with Crippen molar-refractivity contribution in [2.24, 2.45) is 0 Å². The van der Waals surface area contributed by atoms with Gasteiger partial charge in [0.2, 0.25) is 0 Å². The summed E-state index contributed by atoms with van der Waals surface area (Å²) >= 11 is 0. The van der Waals surface area contributed by atoms with Crippen molar-refractivity contribution < 1.29 is 14.6 Å². The van der Waals surface area contributed by atoms with Crippen LogP contribution < -0.4 is 0 Å². The highest BCUT2D eigenvalue weighted by molar-refractivity contribution is 5.26. The van der Waals surface area contributed by atoms with E-state index >= 15 is 0 Å². The van der Waals surface area contributed by atoms with Crippen LogP contribution in [0.4, 0.5) is 0 Å². The second-order valence-corrected chi connectivity index (χ2v) is 2.76. The number of phenols is 1. The summed E-state index contributed by atoms with van der Waals surface area (Å²) in [5.74, 6) is 0.256. The highest BCUT2D eigenvalue weighted by atomic mass is 16.9. The minimum absolute atomic E-state index is 0.108. The van der Waals surface area contributed by atoms with Crippen molar-refractivity contribution >= 4 is 0 Å². The summed E-state index contributed by atoms with van der Waals surface area (Å²) in [5, 5.41) is 9.00. The lowest BCUT2D eigenvalue weighted by Gasteiger charge is -2.33. The number of hydrogen-bond donors (Lipinski definition) is 1. The predicted octanol–water partition coefficient (Wildman–Crippen LogP) is 1.78. The van der Waals surface area contributed by atoms with Crippen LogP contribution in [-0.2, 0) is 9.47 Å². The molecule has 2 rings (SSSR count). The molecule has 0 radical (unpaired) electrons. The first-order valence-electron chi connectivity index (χ1n) is 3.85. The average molecular weight is 166 g/mol. The second kappa shape index (κ2) is 2.77. The summed E-state index contributed by atoms with van der Waals surface area (Å²) in [6, 6.07) is 6.80. The van der Waals surface area contributed by atoms with Gasteiger partial charge >= 0.3 is 0 Å². The van der Waals surface area contributed by atoms with Crippen LogP contribution in [0.5, 0.6) is 5.75 Å². The van der Waals surface area contributed by atoms with Gasteiger partial charge in [0, 0.05) is 5.56 Å². The molecule has 12 heavy (non-hydrogen) atoms. The summed E-state index contributed by atoms with van der Waals surface area (Å²) in [4.78, 5) is 0. The zero-order chi connectivity index (χ0) is 8.55. The molecule has 1 aromatic carbocycles. The van der Waals surface area contributed by atoms with Crippen LogP contribution in [0.15, 0.2) is 24.3 Å². The van der Waals surface area contributed by atoms with E-state index in [1.807, 2.05) is 6.92 Å². The van der Waals surface area contributed by atoms with Crippen molar-refractivity contribution in [2.45, 2.75) is 19.5 Å². The van der Waals surface area contributed by atoms with E-state index in [1.165, 1.54) is 0 Å². The van der Waals surface area contributed by atoms with Gasteiger partial charge in [-0.3, -0.25) is 0 Å². The number of rotatable bonds is 1. The lowest BCUT2D eigenvalue weighted by molar-refractivity contribution is -0.382. The van der Waals surface area contributed by atoms with Crippen LogP contribution in [-0.4, -0.2) is 11.4 Å². The smallest absolute Gasteiger partial charge is 0.189 e. The SMILES string of the molecule is CC1OC(c2ccc(O)cc2)O1. The van der Waals surface area contributed by atoms with Gasteiger partial charge in [-0.1, -0.05) is 12.1 Å². The highest BCUT2D eigenvalue weighted by Gasteiger charge is 2.27. The van der Waals surface area contributed by atoms with Crippen molar-refractivity contribution in [3.05, 3.63) is 29.8 Å². The molecule has 1 N–H and O–H groups in total. The third-order valence-corrected chi connectivity index (χ3v) is 1.80. The summed E-state index contributed by atoms with van der Waals surface area (Å²) in [6.45, 7) is 1.84. The van der Waals surface area contributed by atoms with Crippen LogP contribution in [0.3, 0.4) is 0 Å². The fraction of sp³-hybridized carbons (Fsp3) is 0.333. The standard InChI is InChI=1S/C9H10O3/c1-6-11-9(12-6)7-2-4-8(10)5-3-7/h2-6,9-10H,1H3. The lowest BCUT2D eigenvalue weighted by atomic mass is 10.2. The Morgan fingerprint density at radius 2 is 1.75 bits per heavy atom. The normalized spacial score (nSPS) is 28.1. The Morgan fingerprint density at radius 3 is 2.25 bits per heavy atom. The number of benzene rings is 1. The molecule has 0 unspecified atom stereocenters. The molecule has 0 aliphatic carbocycles. The van der Waals surface area contributed by atoms with E-state index in [9.17, 15) is 0 Å². The first-order chi connectivity index (χ1) is 5.75. The zero-order valence-electron chi connectivity index (χ0n) is 6.73. The highest BCUT2D eigenvalue weighted by Crippen LogP contribution is 2.31. The van der Waals surface area contributed by atoms with Crippen LogP contribution in [0, 0.1) is 0 Å². The van der Waals surface area contributed by atoms with E-state index in [-0.39, 0.29) is 18.3 Å². The Bertz CT molecular complexity index is 262. The van der Waals surface area contributed by atoms with E-state index in [1.54, 1.807) is 24.3 Å². The molecule has 1 aliphatic rings. The zero-order valence-corrected chi connectivity index (χ0v) is 6.73. The molecule has 0 atom stereocenters.